The topological polar surface area (TPSA) is 44.4 Å². The Hall–Kier alpha value is -2.04. The van der Waals surface area contributed by atoms with E-state index in [-0.39, 0.29) is 6.03 Å². The lowest BCUT2D eigenvalue weighted by molar-refractivity contribution is 0.251. The lowest BCUT2D eigenvalue weighted by atomic mass is 10.1. The Bertz CT molecular complexity index is 681. The Labute approximate surface area is 147 Å². The zero-order valence-corrected chi connectivity index (χ0v) is 14.4. The van der Waals surface area contributed by atoms with E-state index in [1.54, 1.807) is 24.3 Å². The number of hydrogen-bond acceptors (Lipinski definition) is 2. The zero-order chi connectivity index (χ0) is 16.8. The van der Waals surface area contributed by atoms with Gasteiger partial charge in [0, 0.05) is 23.8 Å². The van der Waals surface area contributed by atoms with E-state index in [0.29, 0.717) is 17.3 Å². The Morgan fingerprint density at radius 2 is 1.75 bits per heavy atom. The molecule has 1 aliphatic rings. The lowest BCUT2D eigenvalue weighted by Crippen LogP contribution is -2.28. The van der Waals surface area contributed by atoms with Crippen molar-refractivity contribution in [1.29, 1.82) is 0 Å². The summed E-state index contributed by atoms with van der Waals surface area (Å²) in [5, 5.41) is 6.23. The van der Waals surface area contributed by atoms with Crippen molar-refractivity contribution in [3.63, 3.8) is 0 Å². The molecule has 2 aromatic carbocycles. The molecule has 0 spiro atoms. The number of urea groups is 1. The Kier molecular flexibility index (Phi) is 5.72. The molecule has 0 radical (unpaired) electrons. The fraction of sp³-hybridized carbons (Fsp3) is 0.316. The summed E-state index contributed by atoms with van der Waals surface area (Å²) in [5.41, 5.74) is 3.09. The monoisotopic (exact) mass is 343 g/mol. The van der Waals surface area contributed by atoms with E-state index < -0.39 is 0 Å². The van der Waals surface area contributed by atoms with Crippen molar-refractivity contribution in [2.75, 3.05) is 18.4 Å². The standard InChI is InChI=1S/C19H22ClN3O/c20-17-4-3-5-18(12-17)22-19(24)21-13-15-6-8-16(9-7-15)14-23-10-1-2-11-23/h3-9,12H,1-2,10-11,13-14H2,(H2,21,22,24). The molecule has 0 aliphatic carbocycles. The van der Waals surface area contributed by atoms with Crippen LogP contribution in [0, 0.1) is 0 Å². The maximum atomic E-state index is 11.9. The molecular weight excluding hydrogens is 322 g/mol. The van der Waals surface area contributed by atoms with E-state index in [1.165, 1.54) is 31.5 Å². The number of nitrogens with one attached hydrogen (secondary N) is 2. The fourth-order valence-electron chi connectivity index (χ4n) is 2.89. The van der Waals surface area contributed by atoms with Crippen molar-refractivity contribution < 1.29 is 4.79 Å². The van der Waals surface area contributed by atoms with Crippen LogP contribution >= 0.6 is 11.6 Å². The van der Waals surface area contributed by atoms with Crippen LogP contribution in [0.4, 0.5) is 10.5 Å². The van der Waals surface area contributed by atoms with Crippen LogP contribution in [0.25, 0.3) is 0 Å². The molecule has 2 N–H and O–H groups in total. The van der Waals surface area contributed by atoms with Gasteiger partial charge in [0.25, 0.3) is 0 Å². The number of amides is 2. The van der Waals surface area contributed by atoms with Gasteiger partial charge in [-0.25, -0.2) is 4.79 Å². The molecule has 4 nitrogen and oxygen atoms in total. The Morgan fingerprint density at radius 3 is 2.46 bits per heavy atom. The number of likely N-dealkylation sites (tertiary alicyclic amines) is 1. The highest BCUT2D eigenvalue weighted by atomic mass is 35.5. The summed E-state index contributed by atoms with van der Waals surface area (Å²) in [4.78, 5) is 14.4. The number of carbonyl (C=O) groups is 1. The predicted molar refractivity (Wildman–Crippen MR) is 98.3 cm³/mol. The average Bonchev–Trinajstić information content (AvgIpc) is 3.07. The smallest absolute Gasteiger partial charge is 0.319 e. The summed E-state index contributed by atoms with van der Waals surface area (Å²) in [5.74, 6) is 0. The van der Waals surface area contributed by atoms with Crippen LogP contribution in [-0.4, -0.2) is 24.0 Å². The Morgan fingerprint density at radius 1 is 1.04 bits per heavy atom. The van der Waals surface area contributed by atoms with Crippen LogP contribution in [0.3, 0.4) is 0 Å². The number of nitrogens with zero attached hydrogens (tertiary/aromatic N) is 1. The first-order valence-corrected chi connectivity index (χ1v) is 8.67. The molecule has 1 aliphatic heterocycles. The Balaban J connectivity index is 1.46. The molecule has 0 saturated carbocycles. The van der Waals surface area contributed by atoms with Gasteiger partial charge in [-0.05, 0) is 55.3 Å². The third kappa shape index (κ3) is 4.98. The van der Waals surface area contributed by atoms with Gasteiger partial charge in [-0.15, -0.1) is 0 Å². The normalized spacial score (nSPS) is 14.5. The van der Waals surface area contributed by atoms with Crippen molar-refractivity contribution in [3.05, 3.63) is 64.7 Å². The van der Waals surface area contributed by atoms with Crippen molar-refractivity contribution in [1.82, 2.24) is 10.2 Å². The predicted octanol–water partition coefficient (Wildman–Crippen LogP) is 4.26. The van der Waals surface area contributed by atoms with E-state index >= 15 is 0 Å². The minimum atomic E-state index is -0.238. The van der Waals surface area contributed by atoms with Gasteiger partial charge < -0.3 is 10.6 Å². The van der Waals surface area contributed by atoms with Gasteiger partial charge in [-0.3, -0.25) is 4.90 Å². The molecule has 126 valence electrons. The van der Waals surface area contributed by atoms with Crippen molar-refractivity contribution in [2.45, 2.75) is 25.9 Å². The largest absolute Gasteiger partial charge is 0.334 e. The van der Waals surface area contributed by atoms with Gasteiger partial charge in [0.05, 0.1) is 0 Å². The van der Waals surface area contributed by atoms with Gasteiger partial charge in [-0.2, -0.15) is 0 Å². The van der Waals surface area contributed by atoms with E-state index in [9.17, 15) is 4.79 Å². The molecule has 2 amide bonds. The van der Waals surface area contributed by atoms with E-state index in [0.717, 1.165) is 12.1 Å². The molecule has 3 rings (SSSR count). The molecule has 1 saturated heterocycles. The van der Waals surface area contributed by atoms with Crippen LogP contribution in [0.5, 0.6) is 0 Å². The van der Waals surface area contributed by atoms with Crippen LogP contribution < -0.4 is 10.6 Å². The number of halogens is 1. The second-order valence-electron chi connectivity index (χ2n) is 6.12. The molecule has 0 atom stereocenters. The van der Waals surface area contributed by atoms with Gasteiger partial charge in [0.15, 0.2) is 0 Å². The molecule has 0 unspecified atom stereocenters. The molecule has 24 heavy (non-hydrogen) atoms. The van der Waals surface area contributed by atoms with Crippen LogP contribution in [0.1, 0.15) is 24.0 Å². The van der Waals surface area contributed by atoms with Crippen molar-refractivity contribution in [2.24, 2.45) is 0 Å². The van der Waals surface area contributed by atoms with Gasteiger partial charge in [0.1, 0.15) is 0 Å². The van der Waals surface area contributed by atoms with Gasteiger partial charge in [0.2, 0.25) is 0 Å². The average molecular weight is 344 g/mol. The second kappa shape index (κ2) is 8.18. The zero-order valence-electron chi connectivity index (χ0n) is 13.6. The maximum Gasteiger partial charge on any atom is 0.319 e. The second-order valence-corrected chi connectivity index (χ2v) is 6.55. The highest BCUT2D eigenvalue weighted by Gasteiger charge is 2.11. The number of rotatable bonds is 5. The molecule has 1 heterocycles. The minimum Gasteiger partial charge on any atom is -0.334 e. The van der Waals surface area contributed by atoms with E-state index in [1.807, 2.05) is 0 Å². The number of anilines is 1. The first-order chi connectivity index (χ1) is 11.7. The van der Waals surface area contributed by atoms with Gasteiger partial charge >= 0.3 is 6.03 Å². The highest BCUT2D eigenvalue weighted by molar-refractivity contribution is 6.30. The van der Waals surface area contributed by atoms with E-state index in [2.05, 4.69) is 39.8 Å². The van der Waals surface area contributed by atoms with Crippen LogP contribution in [0.15, 0.2) is 48.5 Å². The summed E-state index contributed by atoms with van der Waals surface area (Å²) < 4.78 is 0. The molecule has 0 bridgehead atoms. The van der Waals surface area contributed by atoms with Gasteiger partial charge in [-0.1, -0.05) is 41.9 Å². The van der Waals surface area contributed by atoms with Crippen LogP contribution in [0.2, 0.25) is 5.02 Å². The molecule has 0 aromatic heterocycles. The third-order valence-corrected chi connectivity index (χ3v) is 4.40. The molecule has 5 heteroatoms. The maximum absolute atomic E-state index is 11.9. The molecule has 2 aromatic rings. The minimum absolute atomic E-state index is 0.238. The quantitative estimate of drug-likeness (QED) is 0.852. The summed E-state index contributed by atoms with van der Waals surface area (Å²) in [6.45, 7) is 3.92. The first-order valence-electron chi connectivity index (χ1n) is 8.30. The molecule has 1 fully saturated rings. The molecular formula is C19H22ClN3O. The summed E-state index contributed by atoms with van der Waals surface area (Å²) in [6.07, 6.45) is 2.62. The SMILES string of the molecule is O=C(NCc1ccc(CN2CCCC2)cc1)Nc1cccc(Cl)c1. The highest BCUT2D eigenvalue weighted by Crippen LogP contribution is 2.15. The summed E-state index contributed by atoms with van der Waals surface area (Å²) >= 11 is 5.90. The number of benzene rings is 2. The van der Waals surface area contributed by atoms with Crippen molar-refractivity contribution in [3.8, 4) is 0 Å². The lowest BCUT2D eigenvalue weighted by Gasteiger charge is -2.14. The van der Waals surface area contributed by atoms with E-state index in [4.69, 9.17) is 11.6 Å². The van der Waals surface area contributed by atoms with Crippen molar-refractivity contribution >= 4 is 23.3 Å². The number of hydrogen-bond donors (Lipinski definition) is 2. The fourth-order valence-corrected chi connectivity index (χ4v) is 3.08. The summed E-state index contributed by atoms with van der Waals surface area (Å²) in [6, 6.07) is 15.3. The third-order valence-electron chi connectivity index (χ3n) is 4.16. The number of carbonyl (C=O) groups excluding carboxylic acids is 1. The van der Waals surface area contributed by atoms with Crippen LogP contribution in [-0.2, 0) is 13.1 Å². The first kappa shape index (κ1) is 16.8. The summed E-state index contributed by atoms with van der Waals surface area (Å²) in [7, 11) is 0.